The quantitative estimate of drug-likeness (QED) is 0.329. The Bertz CT molecular complexity index is 1150. The Morgan fingerprint density at radius 3 is 2.58 bits per heavy atom. The van der Waals surface area contributed by atoms with Crippen molar-refractivity contribution in [2.45, 2.75) is 134 Å². The van der Waals surface area contributed by atoms with Crippen LogP contribution in [0.25, 0.3) is 0 Å². The van der Waals surface area contributed by atoms with Crippen molar-refractivity contribution in [2.75, 3.05) is 26.8 Å². The minimum absolute atomic E-state index is 0.00882. The van der Waals surface area contributed by atoms with Crippen molar-refractivity contribution in [3.63, 3.8) is 0 Å². The number of methoxy groups -OCH3 is 1. The van der Waals surface area contributed by atoms with Crippen molar-refractivity contribution in [3.8, 4) is 11.5 Å². The smallest absolute Gasteiger partial charge is 0.165 e. The standard InChI is InChI=1S/C35H53NO4/c1-7-8-9-10-19-39-25-14-13-24-20-27-33-15-16-35(38-6,26(21-33)32(5,37)31(2,3)4)30-34(33,28(24)29(25)40-30)17-18-36(27)22-23-11-12-23/h13-14,23,26-27,30,37H,7-12,15-22H2,1-6H3/t26-,27-,30-,32+,33+,34+,35?/m1/s1. The molecule has 0 radical (unpaired) electrons. The van der Waals surface area contributed by atoms with Gasteiger partial charge in [-0.15, -0.1) is 0 Å². The number of hydrogen-bond acceptors (Lipinski definition) is 5. The first-order valence-electron chi connectivity index (χ1n) is 16.5. The fraction of sp³-hybridized carbons (Fsp3) is 0.829. The van der Waals surface area contributed by atoms with Crippen LogP contribution in [-0.2, 0) is 16.6 Å². The molecule has 1 N–H and O–H groups in total. The van der Waals surface area contributed by atoms with Gasteiger partial charge in [-0.3, -0.25) is 4.90 Å². The van der Waals surface area contributed by atoms with Crippen LogP contribution in [0.4, 0.5) is 0 Å². The second kappa shape index (κ2) is 9.10. The molecule has 40 heavy (non-hydrogen) atoms. The fourth-order valence-corrected chi connectivity index (χ4v) is 10.4. The molecule has 7 atom stereocenters. The summed E-state index contributed by atoms with van der Waals surface area (Å²) in [5.74, 6) is 2.82. The molecule has 4 saturated carbocycles. The molecule has 2 spiro atoms. The molecule has 2 aliphatic heterocycles. The maximum Gasteiger partial charge on any atom is 0.165 e. The third-order valence-corrected chi connectivity index (χ3v) is 13.1. The van der Waals surface area contributed by atoms with E-state index in [2.05, 4.69) is 51.7 Å². The van der Waals surface area contributed by atoms with Crippen molar-refractivity contribution in [3.05, 3.63) is 23.3 Å². The molecule has 5 nitrogen and oxygen atoms in total. The summed E-state index contributed by atoms with van der Waals surface area (Å²) in [6.07, 6.45) is 12.8. The number of likely N-dealkylation sites (tertiary alicyclic amines) is 1. The maximum atomic E-state index is 12.4. The van der Waals surface area contributed by atoms with Gasteiger partial charge in [-0.1, -0.05) is 53.0 Å². The molecule has 8 rings (SSSR count). The van der Waals surface area contributed by atoms with Crippen LogP contribution >= 0.6 is 0 Å². The predicted octanol–water partition coefficient (Wildman–Crippen LogP) is 6.67. The van der Waals surface area contributed by atoms with Crippen LogP contribution < -0.4 is 9.47 Å². The second-order valence-corrected chi connectivity index (χ2v) is 15.7. The van der Waals surface area contributed by atoms with E-state index in [-0.39, 0.29) is 28.3 Å². The Labute approximate surface area is 242 Å². The predicted molar refractivity (Wildman–Crippen MR) is 158 cm³/mol. The van der Waals surface area contributed by atoms with Gasteiger partial charge in [0, 0.05) is 42.0 Å². The lowest BCUT2D eigenvalue weighted by atomic mass is 9.33. The van der Waals surface area contributed by atoms with Gasteiger partial charge < -0.3 is 19.3 Å². The minimum atomic E-state index is -0.884. The normalized spacial score (nSPS) is 39.0. The van der Waals surface area contributed by atoms with Crippen molar-refractivity contribution >= 4 is 0 Å². The van der Waals surface area contributed by atoms with Gasteiger partial charge in [0.2, 0.25) is 0 Å². The first-order chi connectivity index (χ1) is 19.1. The van der Waals surface area contributed by atoms with Crippen LogP contribution in [0, 0.1) is 22.7 Å². The highest BCUT2D eigenvalue weighted by molar-refractivity contribution is 5.63. The Kier molecular flexibility index (Phi) is 6.26. The van der Waals surface area contributed by atoms with Crippen molar-refractivity contribution in [1.82, 2.24) is 4.90 Å². The van der Waals surface area contributed by atoms with E-state index >= 15 is 0 Å². The van der Waals surface area contributed by atoms with E-state index in [0.29, 0.717) is 6.04 Å². The molecule has 5 heteroatoms. The summed E-state index contributed by atoms with van der Waals surface area (Å²) >= 11 is 0. The highest BCUT2D eigenvalue weighted by Crippen LogP contribution is 2.78. The third kappa shape index (κ3) is 3.43. The number of piperidine rings is 1. The van der Waals surface area contributed by atoms with Crippen molar-refractivity contribution in [1.29, 1.82) is 0 Å². The van der Waals surface area contributed by atoms with Crippen molar-refractivity contribution in [2.24, 2.45) is 22.7 Å². The number of unbranched alkanes of at least 4 members (excludes halogenated alkanes) is 3. The molecule has 2 heterocycles. The first kappa shape index (κ1) is 27.5. The summed E-state index contributed by atoms with van der Waals surface area (Å²) < 4.78 is 20.5. The molecule has 5 fully saturated rings. The van der Waals surface area contributed by atoms with Gasteiger partial charge in [-0.25, -0.2) is 0 Å². The first-order valence-corrected chi connectivity index (χ1v) is 16.5. The molecule has 5 aliphatic carbocycles. The molecular formula is C35H53NO4. The summed E-state index contributed by atoms with van der Waals surface area (Å²) in [6.45, 7) is 14.0. The van der Waals surface area contributed by atoms with E-state index in [0.717, 1.165) is 69.1 Å². The van der Waals surface area contributed by atoms with Crippen LogP contribution in [0.2, 0.25) is 0 Å². The maximum absolute atomic E-state index is 12.4. The highest BCUT2D eigenvalue weighted by Gasteiger charge is 2.82. The zero-order valence-electron chi connectivity index (χ0n) is 26.0. The molecule has 1 unspecified atom stereocenters. The second-order valence-electron chi connectivity index (χ2n) is 15.7. The van der Waals surface area contributed by atoms with Crippen LogP contribution in [-0.4, -0.2) is 60.2 Å². The largest absolute Gasteiger partial charge is 0.490 e. The van der Waals surface area contributed by atoms with Crippen LogP contribution in [0.1, 0.15) is 110 Å². The van der Waals surface area contributed by atoms with Crippen LogP contribution in [0.3, 0.4) is 0 Å². The number of benzene rings is 1. The van der Waals surface area contributed by atoms with E-state index < -0.39 is 11.2 Å². The number of aliphatic hydroxyl groups is 1. The molecule has 1 saturated heterocycles. The van der Waals surface area contributed by atoms with Gasteiger partial charge in [0.25, 0.3) is 0 Å². The number of fused-ring (bicyclic) bond motifs is 2. The summed E-state index contributed by atoms with van der Waals surface area (Å²) in [7, 11) is 1.89. The number of hydrogen-bond donors (Lipinski definition) is 1. The summed E-state index contributed by atoms with van der Waals surface area (Å²) in [6, 6.07) is 5.07. The monoisotopic (exact) mass is 551 g/mol. The van der Waals surface area contributed by atoms with Gasteiger partial charge in [-0.05, 0) is 87.8 Å². The van der Waals surface area contributed by atoms with Crippen molar-refractivity contribution < 1.29 is 19.3 Å². The minimum Gasteiger partial charge on any atom is -0.490 e. The molecule has 222 valence electrons. The zero-order valence-corrected chi connectivity index (χ0v) is 26.0. The number of ether oxygens (including phenoxy) is 3. The summed E-state index contributed by atoms with van der Waals surface area (Å²) in [4.78, 5) is 2.88. The average Bonchev–Trinajstić information content (AvgIpc) is 3.66. The Balaban J connectivity index is 1.36. The Morgan fingerprint density at radius 2 is 1.88 bits per heavy atom. The van der Waals surface area contributed by atoms with Gasteiger partial charge in [0.05, 0.1) is 12.2 Å². The summed E-state index contributed by atoms with van der Waals surface area (Å²) in [5.41, 5.74) is 1.28. The van der Waals surface area contributed by atoms with Gasteiger partial charge in [0.15, 0.2) is 11.5 Å². The molecule has 0 aromatic heterocycles. The molecule has 1 aromatic carbocycles. The van der Waals surface area contributed by atoms with Crippen LogP contribution in [0.5, 0.6) is 11.5 Å². The van der Waals surface area contributed by atoms with Gasteiger partial charge >= 0.3 is 0 Å². The Morgan fingerprint density at radius 1 is 1.07 bits per heavy atom. The average molecular weight is 552 g/mol. The zero-order chi connectivity index (χ0) is 28.1. The molecular weight excluding hydrogens is 498 g/mol. The van der Waals surface area contributed by atoms with E-state index in [4.69, 9.17) is 14.2 Å². The molecule has 7 aliphatic rings. The summed E-state index contributed by atoms with van der Waals surface area (Å²) in [5, 5.41) is 12.4. The van der Waals surface area contributed by atoms with E-state index in [1.165, 1.54) is 49.8 Å². The highest BCUT2D eigenvalue weighted by atomic mass is 16.6. The lowest BCUT2D eigenvalue weighted by Gasteiger charge is -2.75. The molecule has 1 aromatic rings. The lowest BCUT2D eigenvalue weighted by Crippen LogP contribution is -2.83. The van der Waals surface area contributed by atoms with E-state index in [1.807, 2.05) is 7.11 Å². The van der Waals surface area contributed by atoms with E-state index in [9.17, 15) is 5.11 Å². The van der Waals surface area contributed by atoms with Crippen LogP contribution in [0.15, 0.2) is 12.1 Å². The molecule has 4 bridgehead atoms. The lowest BCUT2D eigenvalue weighted by molar-refractivity contribution is -0.312. The van der Waals surface area contributed by atoms with Gasteiger partial charge in [0.1, 0.15) is 11.7 Å². The number of rotatable bonds is 10. The fourth-order valence-electron chi connectivity index (χ4n) is 10.4. The SMILES string of the molecule is CCCCCCOc1ccc2c3c1O[C@H]1C4(OC)CC[C@]5(C[C@@H]4[C@](C)(O)C(C)(C)C)[C@@H](C2)N(CC2CC2)CC[C@]315. The third-order valence-electron chi connectivity index (χ3n) is 13.1. The van der Waals surface area contributed by atoms with E-state index in [1.54, 1.807) is 0 Å². The number of nitrogens with zero attached hydrogens (tertiary/aromatic N) is 1. The molecule has 0 amide bonds. The Hall–Kier alpha value is -1.30. The van der Waals surface area contributed by atoms with Gasteiger partial charge in [-0.2, -0.15) is 0 Å². The topological polar surface area (TPSA) is 51.2 Å².